The minimum absolute atomic E-state index is 0.00836. The molecule has 0 aliphatic heterocycles. The highest BCUT2D eigenvalue weighted by Gasteiger charge is 2.18. The van der Waals surface area contributed by atoms with E-state index in [1.165, 1.54) is 6.07 Å². The molecule has 14 heavy (non-hydrogen) atoms. The third kappa shape index (κ3) is 1.97. The average molecular weight is 218 g/mol. The Labute approximate surface area is 84.1 Å². The monoisotopic (exact) mass is 217 g/mol. The lowest BCUT2D eigenvalue weighted by atomic mass is 10.2. The van der Waals surface area contributed by atoms with Gasteiger partial charge in [0.2, 0.25) is 0 Å². The standard InChI is InChI=1S/C8H6ClF2N3/c9-6-4(2-12)1-5(3-13)14-7(6)8(10)11/h1,8H,3,13H2. The number of halogens is 3. The van der Waals surface area contributed by atoms with Crippen molar-refractivity contribution in [1.82, 2.24) is 4.98 Å². The zero-order valence-corrected chi connectivity index (χ0v) is 7.72. The summed E-state index contributed by atoms with van der Waals surface area (Å²) in [5.74, 6) is 0. The van der Waals surface area contributed by atoms with Crippen LogP contribution in [0.5, 0.6) is 0 Å². The van der Waals surface area contributed by atoms with Crippen LogP contribution in [0.4, 0.5) is 8.78 Å². The molecule has 0 atom stereocenters. The Bertz CT molecular complexity index is 387. The van der Waals surface area contributed by atoms with Crippen molar-refractivity contribution in [2.24, 2.45) is 5.73 Å². The summed E-state index contributed by atoms with van der Waals surface area (Å²) < 4.78 is 24.7. The lowest BCUT2D eigenvalue weighted by Gasteiger charge is -2.05. The van der Waals surface area contributed by atoms with Gasteiger partial charge in [0.15, 0.2) is 0 Å². The molecule has 0 radical (unpaired) electrons. The van der Waals surface area contributed by atoms with Gasteiger partial charge < -0.3 is 5.73 Å². The van der Waals surface area contributed by atoms with Gasteiger partial charge in [0, 0.05) is 6.54 Å². The molecule has 0 fully saturated rings. The first-order valence-corrected chi connectivity index (χ1v) is 4.05. The highest BCUT2D eigenvalue weighted by Crippen LogP contribution is 2.28. The number of nitrogens with zero attached hydrogens (tertiary/aromatic N) is 2. The van der Waals surface area contributed by atoms with Crippen LogP contribution in [0, 0.1) is 11.3 Å². The van der Waals surface area contributed by atoms with Gasteiger partial charge in [-0.15, -0.1) is 0 Å². The predicted octanol–water partition coefficient (Wildman–Crippen LogP) is 2.00. The number of nitrogens with two attached hydrogens (primary N) is 1. The average Bonchev–Trinajstić information content (AvgIpc) is 2.17. The fourth-order valence-corrected chi connectivity index (χ4v) is 1.16. The second-order valence-electron chi connectivity index (χ2n) is 2.48. The van der Waals surface area contributed by atoms with Gasteiger partial charge in [-0.25, -0.2) is 13.8 Å². The van der Waals surface area contributed by atoms with Crippen LogP contribution in [-0.4, -0.2) is 4.98 Å². The van der Waals surface area contributed by atoms with Crippen LogP contribution >= 0.6 is 11.6 Å². The van der Waals surface area contributed by atoms with Gasteiger partial charge in [0.1, 0.15) is 11.8 Å². The molecule has 0 aliphatic carbocycles. The molecule has 0 saturated heterocycles. The lowest BCUT2D eigenvalue weighted by Crippen LogP contribution is -2.04. The summed E-state index contributed by atoms with van der Waals surface area (Å²) >= 11 is 5.53. The normalized spacial score (nSPS) is 10.3. The van der Waals surface area contributed by atoms with Gasteiger partial charge in [-0.2, -0.15) is 5.26 Å². The molecule has 0 bridgehead atoms. The summed E-state index contributed by atoms with van der Waals surface area (Å²) in [6, 6.07) is 3.00. The molecule has 0 unspecified atom stereocenters. The minimum atomic E-state index is -2.80. The molecule has 0 aliphatic rings. The van der Waals surface area contributed by atoms with Crippen LogP contribution in [0.15, 0.2) is 6.07 Å². The van der Waals surface area contributed by atoms with Crippen LogP contribution in [0.1, 0.15) is 23.4 Å². The Morgan fingerprint density at radius 1 is 1.64 bits per heavy atom. The van der Waals surface area contributed by atoms with Crippen LogP contribution in [-0.2, 0) is 6.54 Å². The molecule has 0 saturated carbocycles. The van der Waals surface area contributed by atoms with E-state index in [9.17, 15) is 8.78 Å². The fourth-order valence-electron chi connectivity index (χ4n) is 0.935. The van der Waals surface area contributed by atoms with E-state index < -0.39 is 12.1 Å². The maximum atomic E-state index is 12.4. The van der Waals surface area contributed by atoms with Gasteiger partial charge in [-0.3, -0.25) is 0 Å². The molecule has 1 heterocycles. The molecule has 0 spiro atoms. The molecular formula is C8H6ClF2N3. The first-order chi connectivity index (χ1) is 6.60. The van der Waals surface area contributed by atoms with E-state index >= 15 is 0 Å². The molecule has 74 valence electrons. The van der Waals surface area contributed by atoms with Crippen molar-refractivity contribution in [3.8, 4) is 6.07 Å². The smallest absolute Gasteiger partial charge is 0.281 e. The molecule has 0 aromatic carbocycles. The number of rotatable bonds is 2. The van der Waals surface area contributed by atoms with E-state index in [0.29, 0.717) is 0 Å². The second kappa shape index (κ2) is 4.31. The maximum absolute atomic E-state index is 12.4. The molecular weight excluding hydrogens is 212 g/mol. The zero-order chi connectivity index (χ0) is 10.7. The Morgan fingerprint density at radius 2 is 2.29 bits per heavy atom. The summed E-state index contributed by atoms with van der Waals surface area (Å²) in [4.78, 5) is 3.54. The highest BCUT2D eigenvalue weighted by atomic mass is 35.5. The number of nitriles is 1. The third-order valence-corrected chi connectivity index (χ3v) is 1.97. The number of hydrogen-bond acceptors (Lipinski definition) is 3. The van der Waals surface area contributed by atoms with E-state index in [2.05, 4.69) is 4.98 Å². The lowest BCUT2D eigenvalue weighted by molar-refractivity contribution is 0.146. The number of pyridine rings is 1. The van der Waals surface area contributed by atoms with E-state index in [-0.39, 0.29) is 22.8 Å². The molecule has 0 amide bonds. The minimum Gasteiger partial charge on any atom is -0.325 e. The fraction of sp³-hybridized carbons (Fsp3) is 0.250. The summed E-state index contributed by atoms with van der Waals surface area (Å²) in [5, 5.41) is 8.29. The topological polar surface area (TPSA) is 62.7 Å². The first-order valence-electron chi connectivity index (χ1n) is 3.67. The molecule has 1 aromatic heterocycles. The van der Waals surface area contributed by atoms with Crippen LogP contribution in [0.2, 0.25) is 5.02 Å². The van der Waals surface area contributed by atoms with Gasteiger partial charge in [0.25, 0.3) is 6.43 Å². The van der Waals surface area contributed by atoms with Gasteiger partial charge in [-0.1, -0.05) is 11.6 Å². The largest absolute Gasteiger partial charge is 0.325 e. The van der Waals surface area contributed by atoms with Crippen molar-refractivity contribution in [2.45, 2.75) is 13.0 Å². The number of aromatic nitrogens is 1. The summed E-state index contributed by atoms with van der Waals surface area (Å²) in [5.41, 5.74) is 4.83. The Hall–Kier alpha value is -1.25. The Balaban J connectivity index is 3.36. The van der Waals surface area contributed by atoms with Crippen molar-refractivity contribution < 1.29 is 8.78 Å². The van der Waals surface area contributed by atoms with Crippen LogP contribution < -0.4 is 5.73 Å². The third-order valence-electron chi connectivity index (χ3n) is 1.57. The Morgan fingerprint density at radius 3 is 2.71 bits per heavy atom. The Kier molecular flexibility index (Phi) is 3.33. The van der Waals surface area contributed by atoms with E-state index in [4.69, 9.17) is 22.6 Å². The SMILES string of the molecule is N#Cc1cc(CN)nc(C(F)F)c1Cl. The molecule has 1 aromatic rings. The second-order valence-corrected chi connectivity index (χ2v) is 2.85. The van der Waals surface area contributed by atoms with E-state index in [1.807, 2.05) is 0 Å². The summed E-state index contributed by atoms with van der Waals surface area (Å²) in [7, 11) is 0. The van der Waals surface area contributed by atoms with Crippen molar-refractivity contribution >= 4 is 11.6 Å². The molecule has 1 rings (SSSR count). The van der Waals surface area contributed by atoms with Gasteiger partial charge in [-0.05, 0) is 6.07 Å². The van der Waals surface area contributed by atoms with Crippen LogP contribution in [0.25, 0.3) is 0 Å². The number of hydrogen-bond donors (Lipinski definition) is 1. The van der Waals surface area contributed by atoms with Gasteiger partial charge >= 0.3 is 0 Å². The zero-order valence-electron chi connectivity index (χ0n) is 6.97. The van der Waals surface area contributed by atoms with E-state index in [1.54, 1.807) is 6.07 Å². The van der Waals surface area contributed by atoms with Crippen molar-refractivity contribution in [1.29, 1.82) is 5.26 Å². The maximum Gasteiger partial charge on any atom is 0.281 e. The number of alkyl halides is 2. The quantitative estimate of drug-likeness (QED) is 0.824. The molecule has 6 heteroatoms. The van der Waals surface area contributed by atoms with Crippen molar-refractivity contribution in [3.05, 3.63) is 28.0 Å². The van der Waals surface area contributed by atoms with Gasteiger partial charge in [0.05, 0.1) is 16.3 Å². The molecule has 3 nitrogen and oxygen atoms in total. The summed E-state index contributed by atoms with van der Waals surface area (Å²) in [6.45, 7) is -0.00836. The first kappa shape index (κ1) is 10.8. The predicted molar refractivity (Wildman–Crippen MR) is 46.8 cm³/mol. The van der Waals surface area contributed by atoms with Crippen molar-refractivity contribution in [3.63, 3.8) is 0 Å². The van der Waals surface area contributed by atoms with E-state index in [0.717, 1.165) is 0 Å². The highest BCUT2D eigenvalue weighted by molar-refractivity contribution is 6.32. The van der Waals surface area contributed by atoms with Crippen LogP contribution in [0.3, 0.4) is 0 Å². The van der Waals surface area contributed by atoms with Crippen molar-refractivity contribution in [2.75, 3.05) is 0 Å². The molecule has 2 N–H and O–H groups in total. The summed E-state index contributed by atoms with van der Waals surface area (Å²) in [6.07, 6.45) is -2.80.